The van der Waals surface area contributed by atoms with Crippen molar-refractivity contribution in [2.24, 2.45) is 5.73 Å². The molecule has 0 fully saturated rings. The number of benzene rings is 2. The Bertz CT molecular complexity index is 756. The molecule has 0 aliphatic heterocycles. The summed E-state index contributed by atoms with van der Waals surface area (Å²) in [4.78, 5) is 32.4. The molecule has 0 bridgehead atoms. The molecule has 5 N–H and O–H groups in total. The van der Waals surface area contributed by atoms with Gasteiger partial charge in [0.25, 0.3) is 0 Å². The van der Waals surface area contributed by atoms with Crippen molar-refractivity contribution in [3.05, 3.63) is 71.8 Å². The number of aliphatic carboxylic acids is 2. The van der Waals surface area contributed by atoms with Gasteiger partial charge in [-0.1, -0.05) is 76.6 Å². The molecule has 0 saturated carbocycles. The van der Waals surface area contributed by atoms with Crippen molar-refractivity contribution in [2.75, 3.05) is 5.33 Å². The van der Waals surface area contributed by atoms with Crippen LogP contribution in [-0.4, -0.2) is 45.5 Å². The van der Waals surface area contributed by atoms with Gasteiger partial charge in [0, 0.05) is 6.42 Å². The summed E-state index contributed by atoms with van der Waals surface area (Å²) in [6.45, 7) is 0. The topological polar surface area (TPSA) is 130 Å². The fraction of sp³-hybridized carbons (Fsp3) is 0.250. The first-order valence-electron chi connectivity index (χ1n) is 8.47. The number of carboxylic acid groups (broad SMARTS) is 2. The van der Waals surface area contributed by atoms with Crippen molar-refractivity contribution < 1.29 is 24.6 Å². The first-order valence-corrected chi connectivity index (χ1v) is 9.60. The molecule has 1 amide bonds. The van der Waals surface area contributed by atoms with Crippen LogP contribution in [0.2, 0.25) is 0 Å². The molecular weight excluding hydrogens is 428 g/mol. The minimum Gasteiger partial charge on any atom is -0.480 e. The van der Waals surface area contributed by atoms with Crippen molar-refractivity contribution in [3.8, 4) is 0 Å². The molecule has 0 aliphatic rings. The number of hydrogen-bond donors (Lipinski definition) is 4. The SMILES string of the molecule is N[C@@H](Cc1ccccc1)C(=O)O.O=C(CBr)N[C@@H](Cc1ccccc1)C(=O)O. The molecule has 0 radical (unpaired) electrons. The molecule has 0 aliphatic carbocycles. The van der Waals surface area contributed by atoms with E-state index in [4.69, 9.17) is 15.9 Å². The highest BCUT2D eigenvalue weighted by molar-refractivity contribution is 9.09. The van der Waals surface area contributed by atoms with Crippen LogP contribution in [0.25, 0.3) is 0 Å². The van der Waals surface area contributed by atoms with Gasteiger partial charge in [-0.3, -0.25) is 9.59 Å². The van der Waals surface area contributed by atoms with Crippen LogP contribution in [0.4, 0.5) is 0 Å². The number of nitrogens with one attached hydrogen (secondary N) is 1. The Morgan fingerprint density at radius 1 is 0.857 bits per heavy atom. The first-order chi connectivity index (χ1) is 13.3. The maximum atomic E-state index is 11.1. The maximum Gasteiger partial charge on any atom is 0.326 e. The zero-order chi connectivity index (χ0) is 20.9. The number of carbonyl (C=O) groups is 3. The Labute approximate surface area is 171 Å². The summed E-state index contributed by atoms with van der Waals surface area (Å²) in [6, 6.07) is 16.8. The van der Waals surface area contributed by atoms with Crippen molar-refractivity contribution in [3.63, 3.8) is 0 Å². The summed E-state index contributed by atoms with van der Waals surface area (Å²) in [5.41, 5.74) is 7.18. The van der Waals surface area contributed by atoms with E-state index in [2.05, 4.69) is 21.2 Å². The number of carbonyl (C=O) groups excluding carboxylic acids is 1. The van der Waals surface area contributed by atoms with Crippen LogP contribution in [0.1, 0.15) is 11.1 Å². The Balaban J connectivity index is 0.000000292. The lowest BCUT2D eigenvalue weighted by molar-refractivity contribution is -0.141. The normalized spacial score (nSPS) is 12.1. The van der Waals surface area contributed by atoms with Crippen LogP contribution < -0.4 is 11.1 Å². The maximum absolute atomic E-state index is 11.1. The number of alkyl halides is 1. The molecule has 0 unspecified atom stereocenters. The molecule has 0 heterocycles. The summed E-state index contributed by atoms with van der Waals surface area (Å²) in [5, 5.41) is 20.0. The molecule has 150 valence electrons. The van der Waals surface area contributed by atoms with Crippen molar-refractivity contribution in [1.82, 2.24) is 5.32 Å². The number of halogens is 1. The molecule has 8 heteroatoms. The minimum absolute atomic E-state index is 0.103. The third kappa shape index (κ3) is 9.29. The molecule has 2 aromatic carbocycles. The van der Waals surface area contributed by atoms with Crippen LogP contribution in [0, 0.1) is 0 Å². The van der Waals surface area contributed by atoms with E-state index in [1.807, 2.05) is 60.7 Å². The lowest BCUT2D eigenvalue weighted by atomic mass is 10.1. The van der Waals surface area contributed by atoms with E-state index in [-0.39, 0.29) is 17.7 Å². The Kier molecular flexibility index (Phi) is 10.5. The number of amides is 1. The molecule has 0 aromatic heterocycles. The third-order valence-corrected chi connectivity index (χ3v) is 4.16. The number of rotatable bonds is 8. The minimum atomic E-state index is -1.03. The van der Waals surface area contributed by atoms with E-state index in [1.54, 1.807) is 0 Å². The van der Waals surface area contributed by atoms with Crippen LogP contribution in [0.15, 0.2) is 60.7 Å². The summed E-state index contributed by atoms with van der Waals surface area (Å²) in [7, 11) is 0. The Morgan fingerprint density at radius 3 is 1.71 bits per heavy atom. The highest BCUT2D eigenvalue weighted by Crippen LogP contribution is 2.04. The first kappa shape index (κ1) is 23.3. The monoisotopic (exact) mass is 450 g/mol. The van der Waals surface area contributed by atoms with Crippen molar-refractivity contribution >= 4 is 33.8 Å². The Morgan fingerprint density at radius 2 is 1.32 bits per heavy atom. The Hall–Kier alpha value is -2.71. The lowest BCUT2D eigenvalue weighted by Crippen LogP contribution is -2.42. The second kappa shape index (κ2) is 12.6. The quantitative estimate of drug-likeness (QED) is 0.454. The van der Waals surface area contributed by atoms with Crippen LogP contribution in [-0.2, 0) is 27.2 Å². The largest absolute Gasteiger partial charge is 0.480 e. The van der Waals surface area contributed by atoms with Crippen LogP contribution in [0.3, 0.4) is 0 Å². The van der Waals surface area contributed by atoms with Crippen molar-refractivity contribution in [1.29, 1.82) is 0 Å². The van der Waals surface area contributed by atoms with Gasteiger partial charge in [0.05, 0.1) is 5.33 Å². The standard InChI is InChI=1S/C11H12BrNO3.C9H11NO2/c12-7-10(14)13-9(11(15)16)6-8-4-2-1-3-5-8;10-8(9(11)12)6-7-4-2-1-3-5-7/h1-5,9H,6-7H2,(H,13,14)(H,15,16);1-5,8H,6,10H2,(H,11,12)/t9-;8-/m00/s1. The van der Waals surface area contributed by atoms with Gasteiger partial charge >= 0.3 is 11.9 Å². The predicted molar refractivity (Wildman–Crippen MR) is 109 cm³/mol. The van der Waals surface area contributed by atoms with Gasteiger partial charge in [-0.2, -0.15) is 0 Å². The fourth-order valence-electron chi connectivity index (χ4n) is 2.24. The molecule has 7 nitrogen and oxygen atoms in total. The van der Waals surface area contributed by atoms with E-state index in [1.165, 1.54) is 0 Å². The highest BCUT2D eigenvalue weighted by atomic mass is 79.9. The number of hydrogen-bond acceptors (Lipinski definition) is 4. The molecule has 28 heavy (non-hydrogen) atoms. The van der Waals surface area contributed by atoms with Gasteiger partial charge in [-0.15, -0.1) is 0 Å². The zero-order valence-corrected chi connectivity index (χ0v) is 16.7. The van der Waals surface area contributed by atoms with Gasteiger partial charge in [0.15, 0.2) is 0 Å². The zero-order valence-electron chi connectivity index (χ0n) is 15.1. The number of nitrogens with two attached hydrogens (primary N) is 1. The second-order valence-electron chi connectivity index (χ2n) is 5.92. The van der Waals surface area contributed by atoms with E-state index < -0.39 is 24.0 Å². The van der Waals surface area contributed by atoms with Crippen LogP contribution >= 0.6 is 15.9 Å². The van der Waals surface area contributed by atoms with Gasteiger partial charge in [0.2, 0.25) is 5.91 Å². The molecule has 2 atom stereocenters. The van der Waals surface area contributed by atoms with Crippen LogP contribution in [0.5, 0.6) is 0 Å². The smallest absolute Gasteiger partial charge is 0.326 e. The van der Waals surface area contributed by atoms with Gasteiger partial charge < -0.3 is 21.3 Å². The average molecular weight is 451 g/mol. The van der Waals surface area contributed by atoms with Gasteiger partial charge in [-0.05, 0) is 17.5 Å². The van der Waals surface area contributed by atoms with Gasteiger partial charge in [0.1, 0.15) is 12.1 Å². The molecular formula is C20H23BrN2O5. The summed E-state index contributed by atoms with van der Waals surface area (Å²) in [5.74, 6) is -2.32. The van der Waals surface area contributed by atoms with E-state index >= 15 is 0 Å². The summed E-state index contributed by atoms with van der Waals surface area (Å²) < 4.78 is 0. The predicted octanol–water partition coefficient (Wildman–Crippen LogP) is 1.83. The molecule has 2 aromatic rings. The summed E-state index contributed by atoms with van der Waals surface area (Å²) in [6.07, 6.45) is 0.672. The molecule has 0 spiro atoms. The van der Waals surface area contributed by atoms with E-state index in [9.17, 15) is 14.4 Å². The highest BCUT2D eigenvalue weighted by Gasteiger charge is 2.19. The second-order valence-corrected chi connectivity index (χ2v) is 6.48. The molecule has 2 rings (SSSR count). The van der Waals surface area contributed by atoms with E-state index in [0.29, 0.717) is 6.42 Å². The van der Waals surface area contributed by atoms with Gasteiger partial charge in [-0.25, -0.2) is 4.79 Å². The summed E-state index contributed by atoms with van der Waals surface area (Å²) >= 11 is 2.97. The number of carboxylic acids is 2. The fourth-order valence-corrected chi connectivity index (χ4v) is 2.40. The van der Waals surface area contributed by atoms with E-state index in [0.717, 1.165) is 11.1 Å². The third-order valence-electron chi connectivity index (χ3n) is 3.65. The van der Waals surface area contributed by atoms with Crippen molar-refractivity contribution in [2.45, 2.75) is 24.9 Å². The average Bonchev–Trinajstić information content (AvgIpc) is 2.69. The lowest BCUT2D eigenvalue weighted by Gasteiger charge is -2.13. The molecule has 0 saturated heterocycles.